The fourth-order valence-electron chi connectivity index (χ4n) is 1.60. The van der Waals surface area contributed by atoms with Gasteiger partial charge in [0.25, 0.3) is 0 Å². The lowest BCUT2D eigenvalue weighted by Gasteiger charge is -2.13. The van der Waals surface area contributed by atoms with Crippen molar-refractivity contribution in [1.29, 1.82) is 5.26 Å². The van der Waals surface area contributed by atoms with E-state index in [-0.39, 0.29) is 15.9 Å². The molecule has 0 aliphatic rings. The molecule has 0 radical (unpaired) electrons. The van der Waals surface area contributed by atoms with Gasteiger partial charge in [0.15, 0.2) is 11.6 Å². The number of aromatic nitrogens is 1. The van der Waals surface area contributed by atoms with Gasteiger partial charge in [0.1, 0.15) is 11.9 Å². The highest BCUT2D eigenvalue weighted by Gasteiger charge is 2.22. The van der Waals surface area contributed by atoms with Crippen LogP contribution in [0.3, 0.4) is 0 Å². The molecule has 2 aromatic rings. The van der Waals surface area contributed by atoms with Crippen LogP contribution in [0.2, 0.25) is 0 Å². The minimum absolute atomic E-state index is 0.0436. The van der Waals surface area contributed by atoms with Crippen molar-refractivity contribution in [1.82, 2.24) is 4.98 Å². The third kappa shape index (κ3) is 3.08. The molecule has 0 amide bonds. The van der Waals surface area contributed by atoms with Crippen LogP contribution in [0.15, 0.2) is 27.3 Å². The van der Waals surface area contributed by atoms with Crippen LogP contribution in [-0.2, 0) is 0 Å². The van der Waals surface area contributed by atoms with Gasteiger partial charge in [-0.3, -0.25) is 0 Å². The molecule has 0 spiro atoms. The normalized spacial score (nSPS) is 10.1. The molecule has 2 rings (SSSR count). The summed E-state index contributed by atoms with van der Waals surface area (Å²) in [7, 11) is 0. The summed E-state index contributed by atoms with van der Waals surface area (Å²) in [6.45, 7) is 0. The molecule has 0 fully saturated rings. The molecule has 22 heavy (non-hydrogen) atoms. The van der Waals surface area contributed by atoms with Crippen LogP contribution in [-0.4, -0.2) is 16.1 Å². The molecule has 0 saturated carbocycles. The Hall–Kier alpha value is -2.05. The lowest BCUT2D eigenvalue weighted by Crippen LogP contribution is -2.08. The highest BCUT2D eigenvalue weighted by molar-refractivity contribution is 9.10. The van der Waals surface area contributed by atoms with Crippen LogP contribution < -0.4 is 5.32 Å². The highest BCUT2D eigenvalue weighted by Crippen LogP contribution is 2.32. The second-order valence-electron chi connectivity index (χ2n) is 4.01. The maximum Gasteiger partial charge on any atom is 0.337 e. The first-order valence-electron chi connectivity index (χ1n) is 5.58. The summed E-state index contributed by atoms with van der Waals surface area (Å²) >= 11 is 5.87. The largest absolute Gasteiger partial charge is 0.478 e. The predicted molar refractivity (Wildman–Crippen MR) is 81.0 cm³/mol. The second kappa shape index (κ2) is 6.37. The highest BCUT2D eigenvalue weighted by atomic mass is 79.9. The summed E-state index contributed by atoms with van der Waals surface area (Å²) in [5.41, 5.74) is -0.784. The molecule has 9 heteroatoms. The van der Waals surface area contributed by atoms with Crippen LogP contribution in [0.5, 0.6) is 0 Å². The summed E-state index contributed by atoms with van der Waals surface area (Å²) in [6.07, 6.45) is 1.21. The van der Waals surface area contributed by atoms with E-state index in [1.807, 2.05) is 6.07 Å². The van der Waals surface area contributed by atoms with Crippen molar-refractivity contribution < 1.29 is 18.7 Å². The molecular formula is C13H5Br2F2N3O2. The van der Waals surface area contributed by atoms with Crippen LogP contribution in [0.4, 0.5) is 20.3 Å². The molecule has 112 valence electrons. The number of carbonyl (C=O) groups is 1. The first-order valence-corrected chi connectivity index (χ1v) is 7.17. The van der Waals surface area contributed by atoms with Crippen molar-refractivity contribution in [3.05, 3.63) is 50.0 Å². The van der Waals surface area contributed by atoms with Crippen LogP contribution in [0.25, 0.3) is 0 Å². The van der Waals surface area contributed by atoms with E-state index < -0.39 is 28.9 Å². The number of halogens is 4. The van der Waals surface area contributed by atoms with Crippen molar-refractivity contribution in [2.75, 3.05) is 5.32 Å². The molecule has 5 nitrogen and oxygen atoms in total. The van der Waals surface area contributed by atoms with Gasteiger partial charge >= 0.3 is 5.97 Å². The Morgan fingerprint density at radius 1 is 1.27 bits per heavy atom. The Kier molecular flexibility index (Phi) is 4.73. The second-order valence-corrected chi connectivity index (χ2v) is 5.71. The number of hydrogen-bond acceptors (Lipinski definition) is 4. The third-order valence-electron chi connectivity index (χ3n) is 2.61. The van der Waals surface area contributed by atoms with E-state index in [2.05, 4.69) is 42.2 Å². The molecule has 0 bridgehead atoms. The van der Waals surface area contributed by atoms with E-state index >= 15 is 0 Å². The number of aromatic carboxylic acids is 1. The number of pyridine rings is 1. The lowest BCUT2D eigenvalue weighted by atomic mass is 10.1. The molecule has 0 aliphatic carbocycles. The standard InChI is InChI=1S/C13H5Br2F2N3O2/c14-7-2-6(13(21)22)11(10(17)9(7)16)20-12-8(15)1-5(3-18)4-19-12/h1-2,4H,(H,19,20)(H,21,22). The van der Waals surface area contributed by atoms with E-state index in [4.69, 9.17) is 10.4 Å². The van der Waals surface area contributed by atoms with Crippen LogP contribution >= 0.6 is 31.9 Å². The SMILES string of the molecule is N#Cc1cnc(Nc2c(C(=O)O)cc(Br)c(F)c2F)c(Br)c1. The summed E-state index contributed by atoms with van der Waals surface area (Å²) in [4.78, 5) is 15.1. The number of nitrogens with zero attached hydrogens (tertiary/aromatic N) is 2. The Morgan fingerprint density at radius 3 is 2.50 bits per heavy atom. The van der Waals surface area contributed by atoms with Crippen molar-refractivity contribution in [2.24, 2.45) is 0 Å². The van der Waals surface area contributed by atoms with Gasteiger partial charge in [0.2, 0.25) is 0 Å². The van der Waals surface area contributed by atoms with E-state index in [0.29, 0.717) is 4.47 Å². The molecule has 1 heterocycles. The van der Waals surface area contributed by atoms with Gasteiger partial charge in [-0.15, -0.1) is 0 Å². The quantitative estimate of drug-likeness (QED) is 0.710. The van der Waals surface area contributed by atoms with Crippen molar-refractivity contribution in [2.45, 2.75) is 0 Å². The number of benzene rings is 1. The fourth-order valence-corrected chi connectivity index (χ4v) is 2.45. The average molecular weight is 433 g/mol. The molecular weight excluding hydrogens is 428 g/mol. The Morgan fingerprint density at radius 2 is 1.95 bits per heavy atom. The molecule has 0 aliphatic heterocycles. The molecule has 1 aromatic heterocycles. The van der Waals surface area contributed by atoms with Crippen molar-refractivity contribution in [3.8, 4) is 6.07 Å². The first kappa shape index (κ1) is 16.3. The average Bonchev–Trinajstić information content (AvgIpc) is 2.48. The molecule has 1 aromatic carbocycles. The minimum atomic E-state index is -1.44. The molecule has 0 atom stereocenters. The zero-order valence-electron chi connectivity index (χ0n) is 10.5. The number of rotatable bonds is 3. The number of carboxylic acids is 1. The summed E-state index contributed by atoms with van der Waals surface area (Å²) < 4.78 is 27.6. The zero-order chi connectivity index (χ0) is 16.4. The van der Waals surface area contributed by atoms with E-state index in [9.17, 15) is 13.6 Å². The Labute approximate surface area is 139 Å². The fraction of sp³-hybridized carbons (Fsp3) is 0. The van der Waals surface area contributed by atoms with Gasteiger partial charge in [-0.2, -0.15) is 5.26 Å². The van der Waals surface area contributed by atoms with Crippen molar-refractivity contribution >= 4 is 49.3 Å². The Balaban J connectivity index is 2.56. The summed E-state index contributed by atoms with van der Waals surface area (Å²) in [5, 5.41) is 20.3. The lowest BCUT2D eigenvalue weighted by molar-refractivity contribution is 0.0697. The van der Waals surface area contributed by atoms with E-state index in [1.54, 1.807) is 0 Å². The van der Waals surface area contributed by atoms with E-state index in [1.165, 1.54) is 12.3 Å². The summed E-state index contributed by atoms with van der Waals surface area (Å²) in [6, 6.07) is 4.21. The van der Waals surface area contributed by atoms with E-state index in [0.717, 1.165) is 6.07 Å². The van der Waals surface area contributed by atoms with Gasteiger partial charge in [-0.25, -0.2) is 18.6 Å². The topological polar surface area (TPSA) is 86.0 Å². The number of hydrogen-bond donors (Lipinski definition) is 2. The van der Waals surface area contributed by atoms with Crippen LogP contribution in [0, 0.1) is 23.0 Å². The van der Waals surface area contributed by atoms with Gasteiger partial charge in [0, 0.05) is 6.20 Å². The monoisotopic (exact) mass is 431 g/mol. The van der Waals surface area contributed by atoms with Gasteiger partial charge in [-0.05, 0) is 44.0 Å². The maximum absolute atomic E-state index is 14.0. The Bertz CT molecular complexity index is 822. The van der Waals surface area contributed by atoms with Gasteiger partial charge in [0.05, 0.1) is 25.8 Å². The van der Waals surface area contributed by atoms with Gasteiger partial charge in [-0.1, -0.05) is 0 Å². The van der Waals surface area contributed by atoms with Crippen molar-refractivity contribution in [3.63, 3.8) is 0 Å². The smallest absolute Gasteiger partial charge is 0.337 e. The first-order chi connectivity index (χ1) is 10.3. The predicted octanol–water partition coefficient (Wildman–Crippen LogP) is 4.20. The zero-order valence-corrected chi connectivity index (χ0v) is 13.7. The number of anilines is 2. The number of nitrogens with one attached hydrogen (secondary N) is 1. The molecule has 0 unspecified atom stereocenters. The molecule has 0 saturated heterocycles. The van der Waals surface area contributed by atoms with Crippen LogP contribution in [0.1, 0.15) is 15.9 Å². The maximum atomic E-state index is 14.0. The molecule has 2 N–H and O–H groups in total. The minimum Gasteiger partial charge on any atom is -0.478 e. The third-order valence-corrected chi connectivity index (χ3v) is 3.79. The number of nitriles is 1. The number of carboxylic acid groups (broad SMARTS) is 1. The summed E-state index contributed by atoms with van der Waals surface area (Å²) in [5.74, 6) is -3.98. The van der Waals surface area contributed by atoms with Gasteiger partial charge < -0.3 is 10.4 Å².